The maximum absolute atomic E-state index is 5.31. The molecule has 0 spiro atoms. The number of hydrogen-bond acceptors (Lipinski definition) is 7. The van der Waals surface area contributed by atoms with E-state index < -0.39 is 0 Å². The number of hydrogen-bond donors (Lipinski definition) is 1. The molecule has 24 heavy (non-hydrogen) atoms. The standard InChI is InChI=1S/C16H20N6OS/c1-2-13-19-20-14-4-3-11(9-22(13)14)7-17-8-15-18-16(21-23-15)12-5-6-24-10-12/h5-6,10-11,17H,2-4,7-9H2,1H3/t11-/m0/s1. The Bertz CT molecular complexity index is 780. The summed E-state index contributed by atoms with van der Waals surface area (Å²) in [5.74, 6) is 4.09. The van der Waals surface area contributed by atoms with Gasteiger partial charge in [-0.1, -0.05) is 12.1 Å². The Morgan fingerprint density at radius 3 is 3.21 bits per heavy atom. The Morgan fingerprint density at radius 1 is 1.42 bits per heavy atom. The minimum absolute atomic E-state index is 0.582. The lowest BCUT2D eigenvalue weighted by Crippen LogP contribution is -2.30. The number of aromatic nitrogens is 5. The van der Waals surface area contributed by atoms with Crippen LogP contribution in [0.2, 0.25) is 0 Å². The van der Waals surface area contributed by atoms with Gasteiger partial charge in [-0.05, 0) is 23.8 Å². The van der Waals surface area contributed by atoms with Gasteiger partial charge in [-0.25, -0.2) is 0 Å². The summed E-state index contributed by atoms with van der Waals surface area (Å²) in [7, 11) is 0. The van der Waals surface area contributed by atoms with E-state index in [1.807, 2.05) is 16.8 Å². The van der Waals surface area contributed by atoms with E-state index in [9.17, 15) is 0 Å². The molecule has 1 aliphatic rings. The van der Waals surface area contributed by atoms with E-state index in [2.05, 4.69) is 37.1 Å². The molecule has 0 aliphatic carbocycles. The van der Waals surface area contributed by atoms with E-state index in [1.54, 1.807) is 11.3 Å². The highest BCUT2D eigenvalue weighted by Crippen LogP contribution is 2.20. The summed E-state index contributed by atoms with van der Waals surface area (Å²) in [5.41, 5.74) is 1.01. The zero-order valence-corrected chi connectivity index (χ0v) is 14.4. The van der Waals surface area contributed by atoms with Crippen LogP contribution in [0.5, 0.6) is 0 Å². The molecule has 1 aliphatic heterocycles. The molecule has 3 aromatic heterocycles. The van der Waals surface area contributed by atoms with Gasteiger partial charge in [0, 0.05) is 36.9 Å². The molecule has 0 amide bonds. The van der Waals surface area contributed by atoms with Crippen molar-refractivity contribution in [3.8, 4) is 11.4 Å². The van der Waals surface area contributed by atoms with E-state index in [-0.39, 0.29) is 0 Å². The normalized spacial score (nSPS) is 17.1. The van der Waals surface area contributed by atoms with Gasteiger partial charge in [0.1, 0.15) is 11.6 Å². The highest BCUT2D eigenvalue weighted by atomic mass is 32.1. The van der Waals surface area contributed by atoms with E-state index in [0.717, 1.165) is 49.6 Å². The summed E-state index contributed by atoms with van der Waals surface area (Å²) in [6, 6.07) is 2.00. The van der Waals surface area contributed by atoms with Crippen LogP contribution < -0.4 is 5.32 Å². The molecule has 0 fully saturated rings. The van der Waals surface area contributed by atoms with Crippen molar-refractivity contribution in [1.82, 2.24) is 30.2 Å². The monoisotopic (exact) mass is 344 g/mol. The summed E-state index contributed by atoms with van der Waals surface area (Å²) in [6.07, 6.45) is 3.07. The van der Waals surface area contributed by atoms with Gasteiger partial charge in [-0.2, -0.15) is 16.3 Å². The van der Waals surface area contributed by atoms with Crippen LogP contribution in [0.15, 0.2) is 21.3 Å². The SMILES string of the molecule is CCc1nnc2n1C[C@H](CNCc1nc(-c3ccsc3)no1)CC2. The Morgan fingerprint density at radius 2 is 2.38 bits per heavy atom. The Balaban J connectivity index is 1.30. The molecule has 126 valence electrons. The van der Waals surface area contributed by atoms with Crippen LogP contribution in [0.1, 0.15) is 30.9 Å². The summed E-state index contributed by atoms with van der Waals surface area (Å²) in [4.78, 5) is 4.43. The van der Waals surface area contributed by atoms with Crippen LogP contribution >= 0.6 is 11.3 Å². The lowest BCUT2D eigenvalue weighted by atomic mass is 9.99. The smallest absolute Gasteiger partial charge is 0.240 e. The van der Waals surface area contributed by atoms with Gasteiger partial charge in [0.05, 0.1) is 6.54 Å². The Labute approximate surface area is 144 Å². The first-order chi connectivity index (χ1) is 11.8. The zero-order valence-electron chi connectivity index (χ0n) is 13.6. The first-order valence-corrected chi connectivity index (χ1v) is 9.24. The quantitative estimate of drug-likeness (QED) is 0.739. The van der Waals surface area contributed by atoms with Crippen LogP contribution in [-0.2, 0) is 25.9 Å². The largest absolute Gasteiger partial charge is 0.338 e. The highest BCUT2D eigenvalue weighted by molar-refractivity contribution is 7.08. The number of rotatable bonds is 6. The fraction of sp³-hybridized carbons (Fsp3) is 0.500. The minimum Gasteiger partial charge on any atom is -0.338 e. The third-order valence-electron chi connectivity index (χ3n) is 4.39. The average Bonchev–Trinajstić information content (AvgIpc) is 3.34. The molecule has 0 saturated heterocycles. The van der Waals surface area contributed by atoms with Crippen molar-refractivity contribution in [2.75, 3.05) is 6.54 Å². The molecule has 0 saturated carbocycles. The molecule has 0 aromatic carbocycles. The molecule has 0 radical (unpaired) electrons. The van der Waals surface area contributed by atoms with E-state index in [0.29, 0.717) is 24.2 Å². The second-order valence-electron chi connectivity index (χ2n) is 6.06. The van der Waals surface area contributed by atoms with Crippen molar-refractivity contribution in [2.45, 2.75) is 39.3 Å². The maximum atomic E-state index is 5.31. The number of thiophene rings is 1. The second-order valence-corrected chi connectivity index (χ2v) is 6.84. The van der Waals surface area contributed by atoms with Crippen molar-refractivity contribution in [1.29, 1.82) is 0 Å². The Hall–Kier alpha value is -2.06. The van der Waals surface area contributed by atoms with Gasteiger partial charge in [-0.3, -0.25) is 0 Å². The summed E-state index contributed by atoms with van der Waals surface area (Å²) in [5, 5.41) is 20.0. The molecule has 0 unspecified atom stereocenters. The lowest BCUT2D eigenvalue weighted by Gasteiger charge is -2.24. The molecule has 3 aromatic rings. The van der Waals surface area contributed by atoms with E-state index >= 15 is 0 Å². The first kappa shape index (κ1) is 15.5. The van der Waals surface area contributed by atoms with Crippen LogP contribution in [-0.4, -0.2) is 31.4 Å². The molecular formula is C16H20N6OS. The van der Waals surface area contributed by atoms with Crippen molar-refractivity contribution in [3.63, 3.8) is 0 Å². The maximum Gasteiger partial charge on any atom is 0.240 e. The van der Waals surface area contributed by atoms with Gasteiger partial charge < -0.3 is 14.4 Å². The molecule has 0 bridgehead atoms. The van der Waals surface area contributed by atoms with Gasteiger partial charge >= 0.3 is 0 Å². The lowest BCUT2D eigenvalue weighted by molar-refractivity contribution is 0.324. The van der Waals surface area contributed by atoms with Crippen molar-refractivity contribution in [2.24, 2.45) is 5.92 Å². The minimum atomic E-state index is 0.582. The topological polar surface area (TPSA) is 81.7 Å². The van der Waals surface area contributed by atoms with Gasteiger partial charge in [0.25, 0.3) is 0 Å². The molecule has 1 N–H and O–H groups in total. The van der Waals surface area contributed by atoms with Crippen molar-refractivity contribution in [3.05, 3.63) is 34.4 Å². The van der Waals surface area contributed by atoms with E-state index in [4.69, 9.17) is 4.52 Å². The number of nitrogens with zero attached hydrogens (tertiary/aromatic N) is 5. The third-order valence-corrected chi connectivity index (χ3v) is 5.08. The number of fused-ring (bicyclic) bond motifs is 1. The number of aryl methyl sites for hydroxylation is 2. The summed E-state index contributed by atoms with van der Waals surface area (Å²) < 4.78 is 7.59. The predicted octanol–water partition coefficient (Wildman–Crippen LogP) is 2.30. The van der Waals surface area contributed by atoms with Crippen molar-refractivity contribution >= 4 is 11.3 Å². The van der Waals surface area contributed by atoms with E-state index in [1.165, 1.54) is 0 Å². The predicted molar refractivity (Wildman–Crippen MR) is 90.5 cm³/mol. The van der Waals surface area contributed by atoms with Crippen LogP contribution in [0.3, 0.4) is 0 Å². The number of nitrogens with one attached hydrogen (secondary N) is 1. The van der Waals surface area contributed by atoms with Gasteiger partial charge in [-0.15, -0.1) is 10.2 Å². The zero-order chi connectivity index (χ0) is 16.4. The molecule has 1 atom stereocenters. The summed E-state index contributed by atoms with van der Waals surface area (Å²) >= 11 is 1.63. The van der Waals surface area contributed by atoms with Crippen molar-refractivity contribution < 1.29 is 4.52 Å². The van der Waals surface area contributed by atoms with Gasteiger partial charge in [0.15, 0.2) is 0 Å². The molecule has 7 nitrogen and oxygen atoms in total. The molecule has 8 heteroatoms. The summed E-state index contributed by atoms with van der Waals surface area (Å²) in [6.45, 7) is 4.64. The fourth-order valence-electron chi connectivity index (χ4n) is 3.10. The van der Waals surface area contributed by atoms with Gasteiger partial charge in [0.2, 0.25) is 11.7 Å². The fourth-order valence-corrected chi connectivity index (χ4v) is 3.73. The molecule has 4 heterocycles. The van der Waals surface area contributed by atoms with Crippen LogP contribution in [0.25, 0.3) is 11.4 Å². The third kappa shape index (κ3) is 3.11. The molecule has 4 rings (SSSR count). The van der Waals surface area contributed by atoms with Crippen LogP contribution in [0, 0.1) is 5.92 Å². The molecular weight excluding hydrogens is 324 g/mol. The first-order valence-electron chi connectivity index (χ1n) is 8.30. The highest BCUT2D eigenvalue weighted by Gasteiger charge is 2.22. The van der Waals surface area contributed by atoms with Crippen LogP contribution in [0.4, 0.5) is 0 Å². The average molecular weight is 344 g/mol. The Kier molecular flexibility index (Phi) is 4.40. The second kappa shape index (κ2) is 6.82.